The van der Waals surface area contributed by atoms with Crippen molar-refractivity contribution >= 4 is 51.5 Å². The van der Waals surface area contributed by atoms with Gasteiger partial charge in [0, 0.05) is 12.1 Å². The van der Waals surface area contributed by atoms with E-state index < -0.39 is 52.5 Å². The Morgan fingerprint density at radius 3 is 2.25 bits per heavy atom. The molecule has 3 rings (SSSR count). The lowest BCUT2D eigenvalue weighted by molar-refractivity contribution is -0.138. The van der Waals surface area contributed by atoms with Gasteiger partial charge in [-0.1, -0.05) is 12.1 Å². The van der Waals surface area contributed by atoms with E-state index in [1.165, 1.54) is 16.2 Å². The number of ether oxygens (including phenoxy) is 1. The molecule has 194 valence electrons. The molecule has 36 heavy (non-hydrogen) atoms. The van der Waals surface area contributed by atoms with Crippen LogP contribution in [0.3, 0.4) is 0 Å². The van der Waals surface area contributed by atoms with Crippen LogP contribution in [-0.2, 0) is 19.1 Å². The lowest BCUT2D eigenvalue weighted by Gasteiger charge is -2.38. The summed E-state index contributed by atoms with van der Waals surface area (Å²) in [5.41, 5.74) is 5.58. The Morgan fingerprint density at radius 2 is 1.75 bits per heavy atom. The van der Waals surface area contributed by atoms with Gasteiger partial charge in [-0.15, -0.1) is 15.8 Å². The van der Waals surface area contributed by atoms with Gasteiger partial charge in [0.15, 0.2) is 5.69 Å². The minimum atomic E-state index is -1.63. The SMILES string of the molecule is CC(C)N1C(=O)[C@@H](N(C(=O)CN)c2cccs2)C(=O)[N+](C(=O)OC(C)(C)C)(C(C)C)c2ccccc21. The molecule has 1 aliphatic rings. The van der Waals surface area contributed by atoms with Gasteiger partial charge in [-0.25, -0.2) is 4.79 Å². The Hall–Kier alpha value is -3.08. The summed E-state index contributed by atoms with van der Waals surface area (Å²) < 4.78 is 4.92. The number of nitrogens with two attached hydrogens (primary N) is 1. The number of thiophene rings is 1. The fourth-order valence-electron chi connectivity index (χ4n) is 4.55. The van der Waals surface area contributed by atoms with Crippen LogP contribution in [0.2, 0.25) is 0 Å². The lowest BCUT2D eigenvalue weighted by Crippen LogP contribution is -2.70. The highest BCUT2D eigenvalue weighted by molar-refractivity contribution is 7.14. The monoisotopic (exact) mass is 515 g/mol. The molecule has 1 aromatic heterocycles. The van der Waals surface area contributed by atoms with E-state index in [0.29, 0.717) is 16.4 Å². The summed E-state index contributed by atoms with van der Waals surface area (Å²) in [7, 11) is 0. The summed E-state index contributed by atoms with van der Waals surface area (Å²) >= 11 is 1.20. The summed E-state index contributed by atoms with van der Waals surface area (Å²) in [5.74, 6) is -1.98. The first-order chi connectivity index (χ1) is 16.8. The number of hydrogen-bond acceptors (Lipinski definition) is 7. The highest BCUT2D eigenvalue weighted by Gasteiger charge is 2.63. The number of benzene rings is 1. The van der Waals surface area contributed by atoms with Crippen LogP contribution in [-0.4, -0.2) is 54.1 Å². The molecule has 0 bridgehead atoms. The third kappa shape index (κ3) is 4.56. The number of rotatable bonds is 5. The van der Waals surface area contributed by atoms with Crippen molar-refractivity contribution in [3.05, 3.63) is 41.8 Å². The van der Waals surface area contributed by atoms with Crippen molar-refractivity contribution in [3.63, 3.8) is 0 Å². The second kappa shape index (κ2) is 10.1. The number of fused-ring (bicyclic) bond motifs is 1. The average Bonchev–Trinajstić information content (AvgIpc) is 3.28. The summed E-state index contributed by atoms with van der Waals surface area (Å²) in [5, 5.41) is 2.13. The minimum Gasteiger partial charge on any atom is -0.414 e. The Morgan fingerprint density at radius 1 is 1.11 bits per heavy atom. The van der Waals surface area contributed by atoms with Gasteiger partial charge in [-0.2, -0.15) is 4.79 Å². The zero-order valence-electron chi connectivity index (χ0n) is 21.8. The first-order valence-corrected chi connectivity index (χ1v) is 12.8. The van der Waals surface area contributed by atoms with Crippen molar-refractivity contribution in [2.24, 2.45) is 5.73 Å². The molecule has 1 aliphatic heterocycles. The number of carbonyl (C=O) groups is 4. The van der Waals surface area contributed by atoms with E-state index in [2.05, 4.69) is 0 Å². The fraction of sp³-hybridized carbons (Fsp3) is 0.462. The number of quaternary nitrogens is 1. The van der Waals surface area contributed by atoms with Gasteiger partial charge < -0.3 is 15.4 Å². The number of carbonyl (C=O) groups excluding carboxylic acids is 4. The molecule has 2 N–H and O–H groups in total. The van der Waals surface area contributed by atoms with Gasteiger partial charge in [0.1, 0.15) is 17.3 Å². The van der Waals surface area contributed by atoms with Crippen LogP contribution >= 0.6 is 11.3 Å². The van der Waals surface area contributed by atoms with E-state index in [9.17, 15) is 19.2 Å². The van der Waals surface area contributed by atoms with Crippen LogP contribution in [0, 0.1) is 0 Å². The highest BCUT2D eigenvalue weighted by atomic mass is 32.1. The molecule has 0 saturated carbocycles. The molecule has 4 amide bonds. The van der Waals surface area contributed by atoms with Crippen molar-refractivity contribution in [2.45, 2.75) is 72.2 Å². The van der Waals surface area contributed by atoms with Crippen molar-refractivity contribution in [2.75, 3.05) is 16.3 Å². The normalized spacial score (nSPS) is 20.4. The van der Waals surface area contributed by atoms with Gasteiger partial charge in [-0.3, -0.25) is 14.5 Å². The molecule has 1 unspecified atom stereocenters. The molecule has 10 heteroatoms. The molecule has 2 aromatic rings. The average molecular weight is 516 g/mol. The van der Waals surface area contributed by atoms with Gasteiger partial charge in [0.2, 0.25) is 11.9 Å². The Bertz CT molecular complexity index is 1160. The Labute approximate surface area is 216 Å². The summed E-state index contributed by atoms with van der Waals surface area (Å²) in [6, 6.07) is 7.54. The zero-order chi connectivity index (χ0) is 27.0. The predicted octanol–water partition coefficient (Wildman–Crippen LogP) is 4.04. The third-order valence-corrected chi connectivity index (χ3v) is 6.86. The number of hydrogen-bond donors (Lipinski definition) is 1. The molecule has 1 aromatic carbocycles. The second-order valence-electron chi connectivity index (χ2n) is 10.2. The molecule has 2 heterocycles. The van der Waals surface area contributed by atoms with E-state index in [1.807, 2.05) is 13.8 Å². The van der Waals surface area contributed by atoms with Gasteiger partial charge in [0.05, 0.1) is 11.5 Å². The molecule has 2 atom stereocenters. The van der Waals surface area contributed by atoms with E-state index >= 15 is 0 Å². The number of anilines is 2. The summed E-state index contributed by atoms with van der Waals surface area (Å²) in [4.78, 5) is 58.9. The summed E-state index contributed by atoms with van der Waals surface area (Å²) in [6.07, 6.45) is -0.815. The van der Waals surface area contributed by atoms with Gasteiger partial charge >= 0.3 is 12.0 Å². The first kappa shape index (κ1) is 27.5. The van der Waals surface area contributed by atoms with E-state index in [-0.39, 0.29) is 6.04 Å². The maximum atomic E-state index is 14.7. The standard InChI is InChI=1S/C26H35N4O5S/c1-16(2)28-18-11-8-9-12-19(18)30(17(3)4,25(34)35-26(5,6)7)24(33)22(23(28)32)29(20(31)15-27)21-13-10-14-36-21/h8-14,16-17,22H,15,27H2,1-7H3/q+1/t22-,30?/m1/s1. The molecule has 0 fully saturated rings. The fourth-order valence-corrected chi connectivity index (χ4v) is 5.33. The highest BCUT2D eigenvalue weighted by Crippen LogP contribution is 2.44. The zero-order valence-corrected chi connectivity index (χ0v) is 22.7. The van der Waals surface area contributed by atoms with Crippen LogP contribution < -0.4 is 20.0 Å². The largest absolute Gasteiger partial charge is 0.529 e. The molecular formula is C26H35N4O5S+. The maximum absolute atomic E-state index is 14.7. The van der Waals surface area contributed by atoms with Gasteiger partial charge in [-0.05, 0) is 72.0 Å². The lowest BCUT2D eigenvalue weighted by atomic mass is 10.1. The minimum absolute atomic E-state index is 0.322. The first-order valence-electron chi connectivity index (χ1n) is 11.9. The molecule has 0 aliphatic carbocycles. The molecule has 0 spiro atoms. The van der Waals surface area contributed by atoms with Crippen LogP contribution in [0.4, 0.5) is 21.2 Å². The van der Waals surface area contributed by atoms with Crippen molar-refractivity contribution in [1.29, 1.82) is 0 Å². The Kier molecular flexibility index (Phi) is 7.73. The smallest absolute Gasteiger partial charge is 0.414 e. The summed E-state index contributed by atoms with van der Waals surface area (Å²) in [6.45, 7) is 11.8. The van der Waals surface area contributed by atoms with E-state index in [0.717, 1.165) is 4.90 Å². The molecule has 0 saturated heterocycles. The van der Waals surface area contributed by atoms with Crippen LogP contribution in [0.25, 0.3) is 0 Å². The van der Waals surface area contributed by atoms with Crippen molar-refractivity contribution in [1.82, 2.24) is 4.48 Å². The van der Waals surface area contributed by atoms with Crippen LogP contribution in [0.1, 0.15) is 48.5 Å². The van der Waals surface area contributed by atoms with E-state index in [1.54, 1.807) is 76.4 Å². The molecule has 9 nitrogen and oxygen atoms in total. The van der Waals surface area contributed by atoms with Crippen molar-refractivity contribution in [3.8, 4) is 0 Å². The number of nitrogens with zero attached hydrogens (tertiary/aromatic N) is 3. The second-order valence-corrected chi connectivity index (χ2v) is 11.2. The third-order valence-electron chi connectivity index (χ3n) is 5.99. The van der Waals surface area contributed by atoms with Crippen molar-refractivity contribution < 1.29 is 23.9 Å². The van der Waals surface area contributed by atoms with Crippen LogP contribution in [0.15, 0.2) is 41.8 Å². The topological polar surface area (TPSA) is 110 Å². The number of imide groups is 1. The Balaban J connectivity index is 2.45. The molecular weight excluding hydrogens is 480 g/mol. The quantitative estimate of drug-likeness (QED) is 0.475. The predicted molar refractivity (Wildman–Crippen MR) is 142 cm³/mol. The van der Waals surface area contributed by atoms with Gasteiger partial charge in [0.25, 0.3) is 5.91 Å². The number of amides is 4. The van der Waals surface area contributed by atoms with E-state index in [4.69, 9.17) is 10.5 Å². The number of para-hydroxylation sites is 2. The maximum Gasteiger partial charge on any atom is 0.529 e. The molecule has 0 radical (unpaired) electrons. The van der Waals surface area contributed by atoms with Crippen LogP contribution in [0.5, 0.6) is 0 Å².